The van der Waals surface area contributed by atoms with Gasteiger partial charge >= 0.3 is 0 Å². The van der Waals surface area contributed by atoms with E-state index in [1.807, 2.05) is 12.1 Å². The molecule has 0 aliphatic rings. The Morgan fingerprint density at radius 1 is 1.32 bits per heavy atom. The maximum absolute atomic E-state index is 12.4. The van der Waals surface area contributed by atoms with E-state index < -0.39 is 0 Å². The van der Waals surface area contributed by atoms with Crippen LogP contribution >= 0.6 is 11.3 Å². The maximum Gasteiger partial charge on any atom is 0.282 e. The third-order valence-corrected chi connectivity index (χ3v) is 3.60. The number of nitrogens with two attached hydrogens (primary N) is 1. The smallest absolute Gasteiger partial charge is 0.282 e. The van der Waals surface area contributed by atoms with E-state index >= 15 is 0 Å². The summed E-state index contributed by atoms with van der Waals surface area (Å²) in [4.78, 5) is 12.4. The van der Waals surface area contributed by atoms with Gasteiger partial charge in [-0.2, -0.15) is 15.0 Å². The van der Waals surface area contributed by atoms with Gasteiger partial charge in [-0.15, -0.1) is 11.3 Å². The minimum Gasteiger partial charge on any atom is -0.390 e. The highest BCUT2D eigenvalue weighted by Crippen LogP contribution is 2.26. The molecule has 0 fully saturated rings. The lowest BCUT2D eigenvalue weighted by atomic mass is 10.2. The summed E-state index contributed by atoms with van der Waals surface area (Å²) in [5, 5.41) is 16.2. The highest BCUT2D eigenvalue weighted by molar-refractivity contribution is 7.15. The van der Waals surface area contributed by atoms with Gasteiger partial charge < -0.3 is 5.73 Å². The van der Waals surface area contributed by atoms with Crippen molar-refractivity contribution in [3.63, 3.8) is 0 Å². The molecule has 0 aliphatic heterocycles. The highest BCUT2D eigenvalue weighted by Gasteiger charge is 2.15. The number of hydrogen-bond acceptors (Lipinski definition) is 5. The molecule has 19 heavy (non-hydrogen) atoms. The van der Waals surface area contributed by atoms with Crippen LogP contribution in [0.5, 0.6) is 0 Å². The van der Waals surface area contributed by atoms with Crippen LogP contribution in [0.25, 0.3) is 16.5 Å². The van der Waals surface area contributed by atoms with Crippen molar-refractivity contribution in [2.24, 2.45) is 0 Å². The summed E-state index contributed by atoms with van der Waals surface area (Å²) in [6.07, 6.45) is 0. The standard InChI is InChI=1S/C13H8N4OS/c14-6-10-9-7-19-12(15)11(9)13(18)17(16-10)8-4-2-1-3-5-8/h1-5,7H,15H2. The van der Waals surface area contributed by atoms with Crippen LogP contribution in [0, 0.1) is 11.3 Å². The number of aromatic nitrogens is 2. The van der Waals surface area contributed by atoms with Gasteiger partial charge in [0.1, 0.15) is 6.07 Å². The number of nitriles is 1. The Morgan fingerprint density at radius 3 is 2.74 bits per heavy atom. The number of nitrogen functional groups attached to an aromatic ring is 1. The fourth-order valence-corrected chi connectivity index (χ4v) is 2.69. The number of anilines is 1. The summed E-state index contributed by atoms with van der Waals surface area (Å²) in [6.45, 7) is 0. The van der Waals surface area contributed by atoms with Gasteiger partial charge in [0.2, 0.25) is 0 Å². The van der Waals surface area contributed by atoms with Crippen molar-refractivity contribution >= 4 is 27.1 Å². The first-order valence-corrected chi connectivity index (χ1v) is 6.36. The first kappa shape index (κ1) is 11.4. The fourth-order valence-electron chi connectivity index (χ4n) is 1.90. The summed E-state index contributed by atoms with van der Waals surface area (Å²) < 4.78 is 1.21. The van der Waals surface area contributed by atoms with E-state index in [1.165, 1.54) is 16.0 Å². The Hall–Kier alpha value is -2.65. The van der Waals surface area contributed by atoms with Gasteiger partial charge in [0.25, 0.3) is 5.56 Å². The van der Waals surface area contributed by atoms with Crippen LogP contribution < -0.4 is 11.3 Å². The third kappa shape index (κ3) is 1.68. The maximum atomic E-state index is 12.4. The quantitative estimate of drug-likeness (QED) is 0.730. The van der Waals surface area contributed by atoms with E-state index in [0.717, 1.165) is 0 Å². The molecule has 0 atom stereocenters. The highest BCUT2D eigenvalue weighted by atomic mass is 32.1. The zero-order valence-electron chi connectivity index (χ0n) is 9.70. The van der Waals surface area contributed by atoms with E-state index in [9.17, 15) is 4.79 Å². The van der Waals surface area contributed by atoms with Gasteiger partial charge in [-0.25, -0.2) is 0 Å². The number of rotatable bonds is 1. The fraction of sp³-hybridized carbons (Fsp3) is 0. The predicted octanol–water partition coefficient (Wildman–Crippen LogP) is 1.90. The Kier molecular flexibility index (Phi) is 2.54. The second kappa shape index (κ2) is 4.23. The van der Waals surface area contributed by atoms with Crippen molar-refractivity contribution in [2.45, 2.75) is 0 Å². The second-order valence-electron chi connectivity index (χ2n) is 3.90. The van der Waals surface area contributed by atoms with Gasteiger partial charge in [0.15, 0.2) is 5.69 Å². The zero-order valence-corrected chi connectivity index (χ0v) is 10.5. The molecule has 2 aromatic heterocycles. The summed E-state index contributed by atoms with van der Waals surface area (Å²) in [7, 11) is 0. The summed E-state index contributed by atoms with van der Waals surface area (Å²) in [5.41, 5.74) is 6.32. The largest absolute Gasteiger partial charge is 0.390 e. The van der Waals surface area contributed by atoms with Crippen LogP contribution in [0.2, 0.25) is 0 Å². The second-order valence-corrected chi connectivity index (χ2v) is 4.81. The summed E-state index contributed by atoms with van der Waals surface area (Å²) in [5.74, 6) is 0. The molecular formula is C13H8N4OS. The number of nitrogens with zero attached hydrogens (tertiary/aromatic N) is 3. The predicted molar refractivity (Wildman–Crippen MR) is 74.3 cm³/mol. The van der Waals surface area contributed by atoms with E-state index in [0.29, 0.717) is 21.5 Å². The molecule has 3 rings (SSSR count). The van der Waals surface area contributed by atoms with Crippen LogP contribution in [0.3, 0.4) is 0 Å². The number of para-hydroxylation sites is 1. The van der Waals surface area contributed by atoms with E-state index in [4.69, 9.17) is 11.0 Å². The first-order chi connectivity index (χ1) is 9.22. The van der Waals surface area contributed by atoms with Crippen molar-refractivity contribution in [1.82, 2.24) is 9.78 Å². The van der Waals surface area contributed by atoms with Crippen molar-refractivity contribution < 1.29 is 0 Å². The average molecular weight is 268 g/mol. The SMILES string of the molecule is N#Cc1nn(-c2ccccc2)c(=O)c2c(N)scc12. The molecule has 0 unspecified atom stereocenters. The van der Waals surface area contributed by atoms with Crippen LogP contribution in [-0.2, 0) is 0 Å². The van der Waals surface area contributed by atoms with E-state index in [-0.39, 0.29) is 11.3 Å². The van der Waals surface area contributed by atoms with Gasteiger partial charge in [-0.05, 0) is 12.1 Å². The van der Waals surface area contributed by atoms with Gasteiger partial charge in [0.05, 0.1) is 16.1 Å². The molecule has 0 saturated carbocycles. The van der Waals surface area contributed by atoms with Crippen molar-refractivity contribution in [3.05, 3.63) is 51.8 Å². The lowest BCUT2D eigenvalue weighted by Gasteiger charge is -2.05. The molecule has 2 N–H and O–H groups in total. The Balaban J connectivity index is 2.45. The van der Waals surface area contributed by atoms with Gasteiger partial charge in [-0.3, -0.25) is 4.79 Å². The molecule has 92 valence electrons. The van der Waals surface area contributed by atoms with Gasteiger partial charge in [-0.1, -0.05) is 18.2 Å². The van der Waals surface area contributed by atoms with Crippen molar-refractivity contribution in [2.75, 3.05) is 5.73 Å². The lowest BCUT2D eigenvalue weighted by Crippen LogP contribution is -2.22. The van der Waals surface area contributed by atoms with Gasteiger partial charge in [0, 0.05) is 10.8 Å². The molecule has 1 aromatic carbocycles. The Bertz CT molecular complexity index is 858. The van der Waals surface area contributed by atoms with Crippen LogP contribution in [-0.4, -0.2) is 9.78 Å². The topological polar surface area (TPSA) is 84.7 Å². The molecule has 5 nitrogen and oxygen atoms in total. The number of hydrogen-bond donors (Lipinski definition) is 1. The van der Waals surface area contributed by atoms with Crippen LogP contribution in [0.15, 0.2) is 40.5 Å². The molecule has 3 aromatic rings. The zero-order chi connectivity index (χ0) is 13.4. The lowest BCUT2D eigenvalue weighted by molar-refractivity contribution is 0.813. The Labute approximate surface area is 112 Å². The molecular weight excluding hydrogens is 260 g/mol. The number of benzene rings is 1. The van der Waals surface area contributed by atoms with E-state index in [1.54, 1.807) is 29.6 Å². The van der Waals surface area contributed by atoms with Crippen LogP contribution in [0.1, 0.15) is 5.69 Å². The summed E-state index contributed by atoms with van der Waals surface area (Å²) in [6, 6.07) is 11.0. The van der Waals surface area contributed by atoms with Crippen LogP contribution in [0.4, 0.5) is 5.00 Å². The summed E-state index contributed by atoms with van der Waals surface area (Å²) >= 11 is 1.24. The first-order valence-electron chi connectivity index (χ1n) is 5.48. The van der Waals surface area contributed by atoms with E-state index in [2.05, 4.69) is 5.10 Å². The normalized spacial score (nSPS) is 10.5. The molecule has 0 bridgehead atoms. The number of fused-ring (bicyclic) bond motifs is 1. The molecule has 0 amide bonds. The van der Waals surface area contributed by atoms with Crippen molar-refractivity contribution in [3.8, 4) is 11.8 Å². The Morgan fingerprint density at radius 2 is 2.05 bits per heavy atom. The molecule has 0 aliphatic carbocycles. The average Bonchev–Trinajstić information content (AvgIpc) is 2.83. The number of thiophene rings is 1. The monoisotopic (exact) mass is 268 g/mol. The molecule has 0 saturated heterocycles. The minimum atomic E-state index is -0.307. The van der Waals surface area contributed by atoms with Crippen molar-refractivity contribution in [1.29, 1.82) is 5.26 Å². The molecule has 0 radical (unpaired) electrons. The third-order valence-electron chi connectivity index (χ3n) is 2.79. The molecule has 0 spiro atoms. The minimum absolute atomic E-state index is 0.200. The molecule has 2 heterocycles. The molecule has 6 heteroatoms.